The molecule has 0 bridgehead atoms. The van der Waals surface area contributed by atoms with E-state index in [-0.39, 0.29) is 11.6 Å². The summed E-state index contributed by atoms with van der Waals surface area (Å²) in [5, 5.41) is 1.50. The minimum absolute atomic E-state index is 0.309. The number of benzene rings is 2. The molecule has 94 valence electrons. The van der Waals surface area contributed by atoms with Crippen molar-refractivity contribution >= 4 is 18.8 Å². The van der Waals surface area contributed by atoms with Gasteiger partial charge in [-0.25, -0.2) is 8.78 Å². The maximum atomic E-state index is 13.2. The molecule has 0 heterocycles. The van der Waals surface area contributed by atoms with Crippen LogP contribution in [-0.4, -0.2) is 6.61 Å². The van der Waals surface area contributed by atoms with E-state index in [1.165, 1.54) is 24.3 Å². The van der Waals surface area contributed by atoms with Crippen molar-refractivity contribution in [1.29, 1.82) is 0 Å². The molecule has 2 aromatic carbocycles. The Morgan fingerprint density at radius 3 is 1.83 bits per heavy atom. The fourth-order valence-corrected chi connectivity index (χ4v) is 3.41. The molecule has 0 saturated heterocycles. The molecule has 0 radical (unpaired) electrons. The Kier molecular flexibility index (Phi) is 4.40. The monoisotopic (exact) mass is 266 g/mol. The van der Waals surface area contributed by atoms with Gasteiger partial charge in [0.15, 0.2) is 0 Å². The lowest BCUT2D eigenvalue weighted by atomic mass is 10.3. The van der Waals surface area contributed by atoms with Gasteiger partial charge in [-0.05, 0) is 31.2 Å². The van der Waals surface area contributed by atoms with E-state index in [0.29, 0.717) is 6.61 Å². The van der Waals surface area contributed by atoms with Crippen molar-refractivity contribution in [2.75, 3.05) is 6.61 Å². The normalized spacial score (nSPS) is 10.9. The summed E-state index contributed by atoms with van der Waals surface area (Å²) in [6.45, 7) is 2.37. The Hall–Kier alpha value is -1.31. The third kappa shape index (κ3) is 3.12. The summed E-state index contributed by atoms with van der Waals surface area (Å²) in [6, 6.07) is 12.5. The van der Waals surface area contributed by atoms with Gasteiger partial charge in [0, 0.05) is 17.2 Å². The van der Waals surface area contributed by atoms with Crippen LogP contribution < -0.4 is 10.6 Å². The molecule has 0 aliphatic rings. The minimum Gasteiger partial charge on any atom is -0.350 e. The number of halogens is 2. The standard InChI is InChI=1S/C14H13F2OP/c1-2-17-18(13-7-3-5-11(15)9-13)14-8-4-6-12(16)10-14/h3-10H,2H2,1H3. The molecule has 0 spiro atoms. The summed E-state index contributed by atoms with van der Waals surface area (Å²) >= 11 is 0. The lowest BCUT2D eigenvalue weighted by molar-refractivity contribution is 0.388. The zero-order valence-electron chi connectivity index (χ0n) is 9.94. The van der Waals surface area contributed by atoms with Crippen LogP contribution in [-0.2, 0) is 4.52 Å². The molecule has 0 unspecified atom stereocenters. The molecule has 1 nitrogen and oxygen atoms in total. The zero-order valence-corrected chi connectivity index (χ0v) is 10.8. The van der Waals surface area contributed by atoms with Crippen LogP contribution in [0.5, 0.6) is 0 Å². The largest absolute Gasteiger partial charge is 0.350 e. The molecule has 4 heteroatoms. The van der Waals surface area contributed by atoms with E-state index >= 15 is 0 Å². The van der Waals surface area contributed by atoms with Crippen molar-refractivity contribution in [2.45, 2.75) is 6.92 Å². The van der Waals surface area contributed by atoms with Crippen molar-refractivity contribution in [2.24, 2.45) is 0 Å². The molecule has 0 aliphatic heterocycles. The Labute approximate surface area is 106 Å². The molecule has 0 fully saturated rings. The second kappa shape index (κ2) is 6.03. The van der Waals surface area contributed by atoms with E-state index in [1.54, 1.807) is 24.3 Å². The van der Waals surface area contributed by atoms with Crippen LogP contribution in [0.2, 0.25) is 0 Å². The second-order valence-corrected chi connectivity index (χ2v) is 5.55. The van der Waals surface area contributed by atoms with Gasteiger partial charge in [-0.3, -0.25) is 0 Å². The summed E-state index contributed by atoms with van der Waals surface area (Å²) < 4.78 is 32.1. The van der Waals surface area contributed by atoms with Crippen LogP contribution in [0.3, 0.4) is 0 Å². The van der Waals surface area contributed by atoms with Crippen molar-refractivity contribution < 1.29 is 13.3 Å². The van der Waals surface area contributed by atoms with Gasteiger partial charge in [-0.15, -0.1) is 0 Å². The smallest absolute Gasteiger partial charge is 0.123 e. The predicted octanol–water partition coefficient (Wildman–Crippen LogP) is 3.35. The first kappa shape index (κ1) is 13.1. The molecule has 2 aromatic rings. The van der Waals surface area contributed by atoms with Crippen LogP contribution >= 0.6 is 8.15 Å². The van der Waals surface area contributed by atoms with E-state index in [4.69, 9.17) is 4.52 Å². The molecule has 0 aromatic heterocycles. The summed E-state index contributed by atoms with van der Waals surface area (Å²) in [5.74, 6) is -0.618. The van der Waals surface area contributed by atoms with Crippen LogP contribution in [0, 0.1) is 11.6 Å². The average Bonchev–Trinajstić information content (AvgIpc) is 2.36. The number of hydrogen-bond acceptors (Lipinski definition) is 1. The van der Waals surface area contributed by atoms with Gasteiger partial charge in [0.1, 0.15) is 11.6 Å². The zero-order chi connectivity index (χ0) is 13.0. The highest BCUT2D eigenvalue weighted by Gasteiger charge is 2.15. The quantitative estimate of drug-likeness (QED) is 0.771. The summed E-state index contributed by atoms with van der Waals surface area (Å²) in [5.41, 5.74) is 0. The van der Waals surface area contributed by atoms with Crippen molar-refractivity contribution in [1.82, 2.24) is 0 Å². The first-order valence-corrected chi connectivity index (χ1v) is 6.91. The van der Waals surface area contributed by atoms with Gasteiger partial charge in [0.25, 0.3) is 0 Å². The molecule has 2 rings (SSSR count). The first-order chi connectivity index (χ1) is 8.70. The SMILES string of the molecule is CCOP(c1cccc(F)c1)c1cccc(F)c1. The Morgan fingerprint density at radius 2 is 1.44 bits per heavy atom. The fraction of sp³-hybridized carbons (Fsp3) is 0.143. The average molecular weight is 266 g/mol. The molecule has 18 heavy (non-hydrogen) atoms. The summed E-state index contributed by atoms with van der Waals surface area (Å²) in [6.07, 6.45) is 0. The summed E-state index contributed by atoms with van der Waals surface area (Å²) in [7, 11) is -1.16. The third-order valence-electron chi connectivity index (χ3n) is 2.34. The van der Waals surface area contributed by atoms with Crippen LogP contribution in [0.15, 0.2) is 48.5 Å². The lowest BCUT2D eigenvalue weighted by Crippen LogP contribution is -2.14. The van der Waals surface area contributed by atoms with Gasteiger partial charge in [-0.2, -0.15) is 0 Å². The maximum Gasteiger partial charge on any atom is 0.123 e. The predicted molar refractivity (Wildman–Crippen MR) is 70.6 cm³/mol. The van der Waals surface area contributed by atoms with E-state index in [1.807, 2.05) is 6.92 Å². The fourth-order valence-electron chi connectivity index (χ4n) is 1.63. The summed E-state index contributed by atoms with van der Waals surface area (Å²) in [4.78, 5) is 0. The molecular formula is C14H13F2OP. The Bertz CT molecular complexity index is 485. The van der Waals surface area contributed by atoms with E-state index < -0.39 is 8.15 Å². The molecule has 0 amide bonds. The van der Waals surface area contributed by atoms with Crippen molar-refractivity contribution in [3.63, 3.8) is 0 Å². The van der Waals surface area contributed by atoms with E-state index in [0.717, 1.165) is 10.6 Å². The van der Waals surface area contributed by atoms with Gasteiger partial charge >= 0.3 is 0 Å². The highest BCUT2D eigenvalue weighted by Crippen LogP contribution is 2.34. The molecule has 0 saturated carbocycles. The lowest BCUT2D eigenvalue weighted by Gasteiger charge is -2.17. The van der Waals surface area contributed by atoms with Gasteiger partial charge in [-0.1, -0.05) is 24.3 Å². The third-order valence-corrected chi connectivity index (χ3v) is 4.35. The molecule has 0 aliphatic carbocycles. The van der Waals surface area contributed by atoms with Gasteiger partial charge < -0.3 is 4.52 Å². The number of rotatable bonds is 4. The van der Waals surface area contributed by atoms with Gasteiger partial charge in [0.2, 0.25) is 0 Å². The Morgan fingerprint density at radius 1 is 0.944 bits per heavy atom. The Balaban J connectivity index is 2.39. The van der Waals surface area contributed by atoms with E-state index in [2.05, 4.69) is 0 Å². The van der Waals surface area contributed by atoms with Crippen molar-refractivity contribution in [3.8, 4) is 0 Å². The minimum atomic E-state index is -1.16. The topological polar surface area (TPSA) is 9.23 Å². The van der Waals surface area contributed by atoms with Crippen LogP contribution in [0.25, 0.3) is 0 Å². The molecular weight excluding hydrogens is 253 g/mol. The van der Waals surface area contributed by atoms with E-state index in [9.17, 15) is 8.78 Å². The van der Waals surface area contributed by atoms with Gasteiger partial charge in [0.05, 0.1) is 8.15 Å². The highest BCUT2D eigenvalue weighted by atomic mass is 31.1. The highest BCUT2D eigenvalue weighted by molar-refractivity contribution is 7.68. The number of hydrogen-bond donors (Lipinski definition) is 0. The second-order valence-electron chi connectivity index (χ2n) is 3.67. The molecule has 0 atom stereocenters. The van der Waals surface area contributed by atoms with Crippen molar-refractivity contribution in [3.05, 3.63) is 60.2 Å². The van der Waals surface area contributed by atoms with Crippen LogP contribution in [0.4, 0.5) is 8.78 Å². The molecule has 0 N–H and O–H groups in total. The first-order valence-electron chi connectivity index (χ1n) is 5.65. The van der Waals surface area contributed by atoms with Crippen LogP contribution in [0.1, 0.15) is 6.92 Å². The maximum absolute atomic E-state index is 13.2.